The van der Waals surface area contributed by atoms with Crippen molar-refractivity contribution in [3.8, 4) is 0 Å². The van der Waals surface area contributed by atoms with Gasteiger partial charge in [-0.1, -0.05) is 31.2 Å². The smallest absolute Gasteiger partial charge is 0.174 e. The van der Waals surface area contributed by atoms with Gasteiger partial charge in [-0.25, -0.2) is 0 Å². The molecule has 0 aliphatic rings. The first-order valence-electron chi connectivity index (χ1n) is 8.40. The maximum atomic E-state index is 5.77. The van der Waals surface area contributed by atoms with Gasteiger partial charge >= 0.3 is 0 Å². The van der Waals surface area contributed by atoms with Gasteiger partial charge in [0, 0.05) is 10.6 Å². The summed E-state index contributed by atoms with van der Waals surface area (Å²) in [6.45, 7) is 4.96. The van der Waals surface area contributed by atoms with E-state index in [0.717, 1.165) is 17.9 Å². The van der Waals surface area contributed by atoms with E-state index in [4.69, 9.17) is 16.6 Å². The third-order valence-corrected chi connectivity index (χ3v) is 5.61. The van der Waals surface area contributed by atoms with Crippen LogP contribution in [0.3, 0.4) is 0 Å². The number of furan rings is 1. The van der Waals surface area contributed by atoms with E-state index in [-0.39, 0.29) is 6.04 Å². The Bertz CT molecular complexity index is 797. The van der Waals surface area contributed by atoms with Gasteiger partial charge in [-0.15, -0.1) is 11.3 Å². The van der Waals surface area contributed by atoms with Crippen molar-refractivity contribution in [1.82, 2.24) is 4.90 Å². The molecule has 3 nitrogen and oxygen atoms in total. The molecule has 0 fully saturated rings. The van der Waals surface area contributed by atoms with Crippen molar-refractivity contribution in [3.05, 3.63) is 76.4 Å². The van der Waals surface area contributed by atoms with Gasteiger partial charge < -0.3 is 14.6 Å². The number of benzene rings is 1. The molecule has 25 heavy (non-hydrogen) atoms. The van der Waals surface area contributed by atoms with Crippen LogP contribution in [0.1, 0.15) is 36.1 Å². The van der Waals surface area contributed by atoms with Crippen molar-refractivity contribution in [2.24, 2.45) is 0 Å². The second-order valence-electron chi connectivity index (χ2n) is 5.84. The predicted molar refractivity (Wildman–Crippen MR) is 109 cm³/mol. The lowest BCUT2D eigenvalue weighted by atomic mass is 10.1. The zero-order chi connectivity index (χ0) is 17.6. The van der Waals surface area contributed by atoms with Crippen molar-refractivity contribution in [2.45, 2.75) is 32.9 Å². The van der Waals surface area contributed by atoms with E-state index in [0.29, 0.717) is 11.7 Å². The molecule has 0 aliphatic carbocycles. The van der Waals surface area contributed by atoms with Crippen LogP contribution >= 0.6 is 23.6 Å². The monoisotopic (exact) mass is 370 g/mol. The van der Waals surface area contributed by atoms with E-state index in [9.17, 15) is 0 Å². The Hall–Kier alpha value is -2.11. The number of thiophene rings is 1. The number of hydrogen-bond donors (Lipinski definition) is 1. The Morgan fingerprint density at radius 2 is 2.04 bits per heavy atom. The number of nitrogens with zero attached hydrogens (tertiary/aromatic N) is 1. The van der Waals surface area contributed by atoms with Crippen molar-refractivity contribution in [2.75, 3.05) is 5.32 Å². The summed E-state index contributed by atoms with van der Waals surface area (Å²) in [6, 6.07) is 16.6. The van der Waals surface area contributed by atoms with Crippen LogP contribution in [0.15, 0.2) is 64.6 Å². The molecule has 1 atom stereocenters. The average Bonchev–Trinajstić information content (AvgIpc) is 3.33. The van der Waals surface area contributed by atoms with Gasteiger partial charge in [-0.3, -0.25) is 0 Å². The molecule has 2 heterocycles. The molecule has 0 saturated carbocycles. The highest BCUT2D eigenvalue weighted by atomic mass is 32.1. The van der Waals surface area contributed by atoms with E-state index in [1.54, 1.807) is 17.6 Å². The van der Waals surface area contributed by atoms with Gasteiger partial charge in [0.2, 0.25) is 0 Å². The van der Waals surface area contributed by atoms with Gasteiger partial charge in [0.05, 0.1) is 18.8 Å². The minimum atomic E-state index is 0.166. The first-order chi connectivity index (χ1) is 12.2. The third-order valence-electron chi connectivity index (χ3n) is 4.23. The van der Waals surface area contributed by atoms with E-state index in [2.05, 4.69) is 59.8 Å². The summed E-state index contributed by atoms with van der Waals surface area (Å²) in [5, 5.41) is 6.24. The molecule has 3 rings (SSSR count). The topological polar surface area (TPSA) is 28.4 Å². The van der Waals surface area contributed by atoms with Crippen LogP contribution in [-0.4, -0.2) is 10.0 Å². The standard InChI is InChI=1S/C20H22N2OS2/c1-3-16-8-4-5-10-18(16)21-20(24)22(14-17-9-6-12-23-17)15(2)19-11-7-13-25-19/h4-13,15H,3,14H2,1-2H3,(H,21,24)/t15-/m1/s1. The fraction of sp³-hybridized carbons (Fsp3) is 0.250. The van der Waals surface area contributed by atoms with Gasteiger partial charge in [0.15, 0.2) is 5.11 Å². The molecule has 0 aliphatic heterocycles. The molecule has 1 aromatic carbocycles. The van der Waals surface area contributed by atoms with E-state index < -0.39 is 0 Å². The van der Waals surface area contributed by atoms with Crippen LogP contribution < -0.4 is 5.32 Å². The van der Waals surface area contributed by atoms with Crippen LogP contribution in [0.5, 0.6) is 0 Å². The maximum Gasteiger partial charge on any atom is 0.174 e. The third kappa shape index (κ3) is 4.30. The molecular formula is C20H22N2OS2. The van der Waals surface area contributed by atoms with Gasteiger partial charge in [-0.2, -0.15) is 0 Å². The van der Waals surface area contributed by atoms with Crippen LogP contribution in [0.4, 0.5) is 5.69 Å². The number of aryl methyl sites for hydroxylation is 1. The van der Waals surface area contributed by atoms with Crippen LogP contribution in [0.25, 0.3) is 0 Å². The molecule has 1 N–H and O–H groups in total. The first-order valence-corrected chi connectivity index (χ1v) is 9.69. The minimum absolute atomic E-state index is 0.166. The Kier molecular flexibility index (Phi) is 5.89. The summed E-state index contributed by atoms with van der Waals surface area (Å²) in [5.41, 5.74) is 2.32. The fourth-order valence-electron chi connectivity index (χ4n) is 2.78. The Morgan fingerprint density at radius 3 is 2.72 bits per heavy atom. The highest BCUT2D eigenvalue weighted by molar-refractivity contribution is 7.80. The highest BCUT2D eigenvalue weighted by Crippen LogP contribution is 2.28. The van der Waals surface area contributed by atoms with Gasteiger partial charge in [-0.05, 0) is 60.8 Å². The highest BCUT2D eigenvalue weighted by Gasteiger charge is 2.21. The summed E-state index contributed by atoms with van der Waals surface area (Å²) in [5.74, 6) is 0.899. The largest absolute Gasteiger partial charge is 0.467 e. The van der Waals surface area contributed by atoms with E-state index in [1.165, 1.54) is 10.4 Å². The average molecular weight is 371 g/mol. The molecule has 0 amide bonds. The molecule has 0 radical (unpaired) electrons. The quantitative estimate of drug-likeness (QED) is 0.550. The van der Waals surface area contributed by atoms with E-state index >= 15 is 0 Å². The van der Waals surface area contributed by atoms with Crippen LogP contribution in [-0.2, 0) is 13.0 Å². The maximum absolute atomic E-state index is 5.77. The predicted octanol–water partition coefficient (Wildman–Crippen LogP) is 5.86. The summed E-state index contributed by atoms with van der Waals surface area (Å²) in [7, 11) is 0. The zero-order valence-electron chi connectivity index (χ0n) is 14.4. The normalized spacial score (nSPS) is 11.9. The molecule has 2 aromatic heterocycles. The number of nitrogens with one attached hydrogen (secondary N) is 1. The summed E-state index contributed by atoms with van der Waals surface area (Å²) in [4.78, 5) is 3.45. The lowest BCUT2D eigenvalue weighted by Crippen LogP contribution is -2.36. The lowest BCUT2D eigenvalue weighted by Gasteiger charge is -2.31. The van der Waals surface area contributed by atoms with Gasteiger partial charge in [0.1, 0.15) is 5.76 Å². The molecule has 0 unspecified atom stereocenters. The number of hydrogen-bond acceptors (Lipinski definition) is 3. The molecule has 130 valence electrons. The van der Waals surface area contributed by atoms with Crippen LogP contribution in [0, 0.1) is 0 Å². The summed E-state index contributed by atoms with van der Waals surface area (Å²) >= 11 is 7.51. The van der Waals surface area contributed by atoms with Crippen LogP contribution in [0.2, 0.25) is 0 Å². The SMILES string of the molecule is CCc1ccccc1NC(=S)N(Cc1ccco1)[C@H](C)c1cccs1. The molecular weight excluding hydrogens is 348 g/mol. The first kappa shape index (κ1) is 17.7. The van der Waals surface area contributed by atoms with E-state index in [1.807, 2.05) is 18.2 Å². The Balaban J connectivity index is 1.83. The van der Waals surface area contributed by atoms with Crippen molar-refractivity contribution >= 4 is 34.4 Å². The molecule has 0 bridgehead atoms. The summed E-state index contributed by atoms with van der Waals surface area (Å²) in [6.07, 6.45) is 2.66. The molecule has 5 heteroatoms. The zero-order valence-corrected chi connectivity index (χ0v) is 16.1. The second-order valence-corrected chi connectivity index (χ2v) is 7.21. The number of para-hydroxylation sites is 1. The van der Waals surface area contributed by atoms with Crippen molar-refractivity contribution in [1.29, 1.82) is 0 Å². The Labute approximate surface area is 158 Å². The minimum Gasteiger partial charge on any atom is -0.467 e. The molecule has 0 saturated heterocycles. The summed E-state index contributed by atoms with van der Waals surface area (Å²) < 4.78 is 5.55. The second kappa shape index (κ2) is 8.32. The lowest BCUT2D eigenvalue weighted by molar-refractivity contribution is 0.306. The number of anilines is 1. The number of rotatable bonds is 6. The van der Waals surface area contributed by atoms with Crippen molar-refractivity contribution in [3.63, 3.8) is 0 Å². The molecule has 3 aromatic rings. The van der Waals surface area contributed by atoms with Gasteiger partial charge in [0.25, 0.3) is 0 Å². The molecule has 0 spiro atoms. The number of thiocarbonyl (C=S) groups is 1. The Morgan fingerprint density at radius 1 is 1.20 bits per heavy atom. The van der Waals surface area contributed by atoms with Crippen molar-refractivity contribution < 1.29 is 4.42 Å². The fourth-order valence-corrected chi connectivity index (χ4v) is 3.90.